The number of ketones is 1. The fourth-order valence-corrected chi connectivity index (χ4v) is 3.32. The maximum atomic E-state index is 12.7. The molecule has 4 heteroatoms. The molecule has 0 fully saturated rings. The van der Waals surface area contributed by atoms with Crippen molar-refractivity contribution in [1.29, 1.82) is 0 Å². The third kappa shape index (κ3) is 2.92. The largest absolute Gasteiger partial charge is 0.466 e. The number of benzene rings is 2. The van der Waals surface area contributed by atoms with Gasteiger partial charge in [-0.1, -0.05) is 37.3 Å². The van der Waals surface area contributed by atoms with Crippen molar-refractivity contribution in [3.8, 4) is 11.1 Å². The van der Waals surface area contributed by atoms with Gasteiger partial charge in [-0.05, 0) is 42.2 Å². The Morgan fingerprint density at radius 1 is 1.17 bits per heavy atom. The molecule has 24 heavy (non-hydrogen) atoms. The standard InChI is InChI=1S/C20H21NO3/c1-3-24-18(22)12-20(2)11-15-10-14(6-9-17(15)19(20)23)13-4-7-16(21)8-5-13/h4-10H,3,11-12,21H2,1-2H3. The minimum absolute atomic E-state index is 0.0226. The zero-order valence-corrected chi connectivity index (χ0v) is 14.0. The number of nitrogens with two attached hydrogens (primary N) is 1. The van der Waals surface area contributed by atoms with Gasteiger partial charge < -0.3 is 10.5 Å². The van der Waals surface area contributed by atoms with Gasteiger partial charge in [0.15, 0.2) is 5.78 Å². The normalized spacial score (nSPS) is 19.2. The van der Waals surface area contributed by atoms with Crippen LogP contribution in [-0.2, 0) is 16.0 Å². The maximum absolute atomic E-state index is 12.7. The van der Waals surface area contributed by atoms with Crippen molar-refractivity contribution in [2.75, 3.05) is 12.3 Å². The molecule has 0 radical (unpaired) electrons. The highest BCUT2D eigenvalue weighted by Crippen LogP contribution is 2.41. The number of ether oxygens (including phenoxy) is 1. The lowest BCUT2D eigenvalue weighted by Gasteiger charge is -2.20. The number of hydrogen-bond acceptors (Lipinski definition) is 4. The Balaban J connectivity index is 1.89. The van der Waals surface area contributed by atoms with Gasteiger partial charge in [0.25, 0.3) is 0 Å². The van der Waals surface area contributed by atoms with E-state index in [1.165, 1.54) is 0 Å². The molecule has 0 aliphatic heterocycles. The number of esters is 1. The van der Waals surface area contributed by atoms with Gasteiger partial charge in [-0.3, -0.25) is 9.59 Å². The summed E-state index contributed by atoms with van der Waals surface area (Å²) in [7, 11) is 0. The zero-order valence-electron chi connectivity index (χ0n) is 14.0. The number of carbonyl (C=O) groups is 2. The fraction of sp³-hybridized carbons (Fsp3) is 0.300. The number of rotatable bonds is 4. The molecular formula is C20H21NO3. The van der Waals surface area contributed by atoms with Crippen LogP contribution in [0.25, 0.3) is 11.1 Å². The van der Waals surface area contributed by atoms with E-state index in [1.807, 2.05) is 49.4 Å². The van der Waals surface area contributed by atoms with Gasteiger partial charge >= 0.3 is 5.97 Å². The molecule has 0 amide bonds. The number of fused-ring (bicyclic) bond motifs is 1. The first-order chi connectivity index (χ1) is 11.4. The van der Waals surface area contributed by atoms with E-state index in [0.29, 0.717) is 18.6 Å². The van der Waals surface area contributed by atoms with E-state index >= 15 is 0 Å². The van der Waals surface area contributed by atoms with E-state index in [1.54, 1.807) is 6.92 Å². The van der Waals surface area contributed by atoms with Gasteiger partial charge in [0.2, 0.25) is 0 Å². The van der Waals surface area contributed by atoms with Crippen LogP contribution in [0.1, 0.15) is 36.2 Å². The van der Waals surface area contributed by atoms with Gasteiger partial charge in [0, 0.05) is 16.7 Å². The average molecular weight is 323 g/mol. The zero-order chi connectivity index (χ0) is 17.3. The number of anilines is 1. The highest BCUT2D eigenvalue weighted by molar-refractivity contribution is 6.06. The summed E-state index contributed by atoms with van der Waals surface area (Å²) in [5.74, 6) is -0.297. The number of nitrogen functional groups attached to an aromatic ring is 1. The first kappa shape index (κ1) is 16.2. The highest BCUT2D eigenvalue weighted by Gasteiger charge is 2.43. The smallest absolute Gasteiger partial charge is 0.306 e. The van der Waals surface area contributed by atoms with Crippen LogP contribution in [0, 0.1) is 5.41 Å². The molecule has 0 spiro atoms. The Hall–Kier alpha value is -2.62. The second kappa shape index (κ2) is 6.11. The van der Waals surface area contributed by atoms with E-state index < -0.39 is 5.41 Å². The summed E-state index contributed by atoms with van der Waals surface area (Å²) >= 11 is 0. The number of hydrogen-bond donors (Lipinski definition) is 1. The summed E-state index contributed by atoms with van der Waals surface area (Å²) < 4.78 is 5.02. The van der Waals surface area contributed by atoms with Crippen LogP contribution in [-0.4, -0.2) is 18.4 Å². The molecule has 1 aliphatic rings. The minimum Gasteiger partial charge on any atom is -0.466 e. The summed E-state index contributed by atoms with van der Waals surface area (Å²) in [6.07, 6.45) is 0.675. The van der Waals surface area contributed by atoms with Gasteiger partial charge in [-0.15, -0.1) is 0 Å². The Morgan fingerprint density at radius 2 is 1.83 bits per heavy atom. The molecule has 2 aromatic carbocycles. The quantitative estimate of drug-likeness (QED) is 0.689. The van der Waals surface area contributed by atoms with Gasteiger partial charge in [-0.2, -0.15) is 0 Å². The summed E-state index contributed by atoms with van der Waals surface area (Å²) in [4.78, 5) is 24.6. The van der Waals surface area contributed by atoms with Gasteiger partial charge in [0.1, 0.15) is 0 Å². The van der Waals surface area contributed by atoms with Crippen molar-refractivity contribution in [3.05, 3.63) is 53.6 Å². The topological polar surface area (TPSA) is 69.4 Å². The fourth-order valence-electron chi connectivity index (χ4n) is 3.32. The Morgan fingerprint density at radius 3 is 2.50 bits per heavy atom. The third-order valence-electron chi connectivity index (χ3n) is 4.56. The van der Waals surface area contributed by atoms with E-state index in [0.717, 1.165) is 22.4 Å². The van der Waals surface area contributed by atoms with Crippen molar-refractivity contribution in [2.24, 2.45) is 5.41 Å². The molecule has 2 N–H and O–H groups in total. The monoisotopic (exact) mass is 323 g/mol. The molecule has 0 saturated carbocycles. The van der Waals surface area contributed by atoms with Crippen LogP contribution in [0.2, 0.25) is 0 Å². The predicted molar refractivity (Wildman–Crippen MR) is 93.7 cm³/mol. The van der Waals surface area contributed by atoms with E-state index in [4.69, 9.17) is 10.5 Å². The van der Waals surface area contributed by atoms with Crippen LogP contribution in [0.3, 0.4) is 0 Å². The molecule has 0 bridgehead atoms. The molecule has 124 valence electrons. The summed E-state index contributed by atoms with van der Waals surface area (Å²) in [6, 6.07) is 13.5. The first-order valence-electron chi connectivity index (χ1n) is 8.12. The SMILES string of the molecule is CCOC(=O)CC1(C)Cc2cc(-c3ccc(N)cc3)ccc2C1=O. The molecule has 1 atom stereocenters. The third-order valence-corrected chi connectivity index (χ3v) is 4.56. The lowest BCUT2D eigenvalue weighted by Crippen LogP contribution is -2.28. The highest BCUT2D eigenvalue weighted by atomic mass is 16.5. The molecular weight excluding hydrogens is 302 g/mol. The van der Waals surface area contributed by atoms with Crippen molar-refractivity contribution in [3.63, 3.8) is 0 Å². The van der Waals surface area contributed by atoms with Crippen LogP contribution < -0.4 is 5.73 Å². The average Bonchev–Trinajstić information content (AvgIpc) is 2.78. The maximum Gasteiger partial charge on any atom is 0.306 e. The molecule has 0 saturated heterocycles. The lowest BCUT2D eigenvalue weighted by atomic mass is 9.83. The van der Waals surface area contributed by atoms with E-state index in [9.17, 15) is 9.59 Å². The molecule has 4 nitrogen and oxygen atoms in total. The molecule has 0 heterocycles. The van der Waals surface area contributed by atoms with Crippen LogP contribution in [0.5, 0.6) is 0 Å². The van der Waals surface area contributed by atoms with E-state index in [-0.39, 0.29) is 18.2 Å². The minimum atomic E-state index is -0.714. The second-order valence-electron chi connectivity index (χ2n) is 6.54. The van der Waals surface area contributed by atoms with Crippen LogP contribution in [0.15, 0.2) is 42.5 Å². The van der Waals surface area contributed by atoms with Crippen LogP contribution in [0.4, 0.5) is 5.69 Å². The number of Topliss-reactive ketones (excluding diaryl/α,β-unsaturated/α-hetero) is 1. The van der Waals surface area contributed by atoms with Gasteiger partial charge in [0.05, 0.1) is 13.0 Å². The molecule has 3 rings (SSSR count). The lowest BCUT2D eigenvalue weighted by molar-refractivity contribution is -0.145. The first-order valence-corrected chi connectivity index (χ1v) is 8.12. The summed E-state index contributed by atoms with van der Waals surface area (Å²) in [5.41, 5.74) is 9.53. The van der Waals surface area contributed by atoms with Crippen LogP contribution >= 0.6 is 0 Å². The van der Waals surface area contributed by atoms with Crippen molar-refractivity contribution < 1.29 is 14.3 Å². The Bertz CT molecular complexity index is 795. The molecule has 0 aromatic heterocycles. The number of carbonyl (C=O) groups excluding carboxylic acids is 2. The van der Waals surface area contributed by atoms with E-state index in [2.05, 4.69) is 0 Å². The Kier molecular flexibility index (Phi) is 4.14. The van der Waals surface area contributed by atoms with Crippen molar-refractivity contribution >= 4 is 17.4 Å². The van der Waals surface area contributed by atoms with Crippen molar-refractivity contribution in [1.82, 2.24) is 0 Å². The van der Waals surface area contributed by atoms with Crippen molar-refractivity contribution in [2.45, 2.75) is 26.7 Å². The second-order valence-corrected chi connectivity index (χ2v) is 6.54. The Labute approximate surface area is 141 Å². The predicted octanol–water partition coefficient (Wildman–Crippen LogP) is 3.63. The summed E-state index contributed by atoms with van der Waals surface area (Å²) in [5, 5.41) is 0. The molecule has 1 unspecified atom stereocenters. The molecule has 1 aliphatic carbocycles. The van der Waals surface area contributed by atoms with Gasteiger partial charge in [-0.25, -0.2) is 0 Å². The molecule has 2 aromatic rings. The summed E-state index contributed by atoms with van der Waals surface area (Å²) in [6.45, 7) is 3.94.